The van der Waals surface area contributed by atoms with E-state index in [1.807, 2.05) is 116 Å². The van der Waals surface area contributed by atoms with Crippen molar-refractivity contribution in [3.05, 3.63) is 132 Å². The van der Waals surface area contributed by atoms with Crippen LogP contribution >= 0.6 is 0 Å². The number of ketones is 2. The van der Waals surface area contributed by atoms with E-state index >= 15 is 0 Å². The van der Waals surface area contributed by atoms with E-state index in [-0.39, 0.29) is 34.0 Å². The second-order valence-electron chi connectivity index (χ2n) is 29.0. The van der Waals surface area contributed by atoms with Crippen LogP contribution < -0.4 is 20.7 Å². The third kappa shape index (κ3) is 63.8. The lowest BCUT2D eigenvalue weighted by Gasteiger charge is -2.23. The highest BCUT2D eigenvalue weighted by Gasteiger charge is 2.22. The van der Waals surface area contributed by atoms with E-state index < -0.39 is 16.6 Å². The number of amides is 1. The Morgan fingerprint density at radius 3 is 0.945 bits per heavy atom. The van der Waals surface area contributed by atoms with Crippen LogP contribution in [-0.4, -0.2) is 66.9 Å². The Bertz CT molecular complexity index is 6620. The first-order valence-electron chi connectivity index (χ1n) is 39.2. The van der Waals surface area contributed by atoms with Crippen molar-refractivity contribution in [2.75, 3.05) is 27.2 Å². The van der Waals surface area contributed by atoms with Crippen molar-refractivity contribution in [3.8, 4) is 338 Å². The van der Waals surface area contributed by atoms with Gasteiger partial charge < -0.3 is 20.7 Å². The molecule has 0 aliphatic heterocycles. The van der Waals surface area contributed by atoms with Gasteiger partial charge in [0.15, 0.2) is 11.6 Å². The molecule has 1 amide bonds. The van der Waals surface area contributed by atoms with Crippen molar-refractivity contribution in [1.82, 2.24) is 16.0 Å². The molecule has 0 saturated heterocycles. The predicted octanol–water partition coefficient (Wildman–Crippen LogP) is 15.5. The molecule has 0 saturated carbocycles. The minimum Gasteiger partial charge on any atom is -0.494 e. The first-order valence-corrected chi connectivity index (χ1v) is 39.2. The van der Waals surface area contributed by atoms with Gasteiger partial charge in [-0.3, -0.25) is 14.4 Å². The molecular formula is C112H90N12O4. The molecule has 0 radical (unpaired) electrons. The zero-order valence-corrected chi connectivity index (χ0v) is 74.9. The average Bonchev–Trinajstić information content (AvgIpc) is 0.834. The van der Waals surface area contributed by atoms with E-state index in [9.17, 15) is 14.4 Å². The van der Waals surface area contributed by atoms with Crippen LogP contribution in [0.2, 0.25) is 0 Å². The summed E-state index contributed by atoms with van der Waals surface area (Å²) in [6.07, 6.45) is 14.0. The minimum atomic E-state index is -0.604. The third-order valence-electron chi connectivity index (χ3n) is 16.3. The number of carbonyl (C=O) groups is 3. The Balaban J connectivity index is 0.00000187. The molecule has 0 bridgehead atoms. The van der Waals surface area contributed by atoms with Crippen LogP contribution in [0.15, 0.2) is 88.1 Å². The Hall–Kier alpha value is -18.2. The van der Waals surface area contributed by atoms with E-state index in [1.165, 1.54) is 0 Å². The summed E-state index contributed by atoms with van der Waals surface area (Å²) in [5, 5.41) is 20.7. The average molecular weight is 1670 g/mol. The normalized spacial score (nSPS) is 8.27. The standard InChI is InChI=1S/C57H4.C20H32N4O2.C18H28N4O.C17H26N4O/c1-3-5-7-9-11-13-15-17-19-21-23-25-27-29-31-33-35-37-39-41-43-45-47-49-51-53-55-57-56-54-52-50-48-46-44-42-40-38-36-34-32-30-28-26-24-22-20-18-16-14-12-10-8-6-4-2;1-6-19(2,3)13-15-26-17-10-8-16(9-11-17)18(25)22-14-7-12-20(4,5)23-24-21;1-17(2,20-5)12-6-7-16(23)15-10-8-14(9-11-15)13-18(3,4)21-22-19;1-16(2,19-5)12-6-7-15(22)13-8-10-14(11-9-13)17(3,4)20-21-18/h1H,2H3;8-11H,6-7,12-15H2,1-5H3,(H,22,25);8-11,20H,6-7,12-13H2,1-5H3;8-11,19H,6-7,12H2,1-5H3. The topological polar surface area (TPSA) is 243 Å². The first-order chi connectivity index (χ1) is 61.5. The van der Waals surface area contributed by atoms with Gasteiger partial charge in [0.05, 0.1) is 12.1 Å². The van der Waals surface area contributed by atoms with E-state index in [1.54, 1.807) is 19.1 Å². The molecule has 3 rings (SSSR count). The quantitative estimate of drug-likeness (QED) is 0.0159. The second kappa shape index (κ2) is 69.6. The fraction of sp³-hybridized carbons (Fsp3) is 0.312. The highest BCUT2D eigenvalue weighted by atomic mass is 16.5. The van der Waals surface area contributed by atoms with Gasteiger partial charge >= 0.3 is 0 Å². The maximum absolute atomic E-state index is 12.2. The number of Topliss-reactive ketones (excluding diaryl/α,β-unsaturated/α-hetero) is 2. The summed E-state index contributed by atoms with van der Waals surface area (Å²) in [4.78, 5) is 45.2. The molecule has 3 aromatic carbocycles. The summed E-state index contributed by atoms with van der Waals surface area (Å²) in [6.45, 7) is 29.4. The molecule has 0 fully saturated rings. The molecule has 0 aliphatic rings. The third-order valence-corrected chi connectivity index (χ3v) is 16.3. The van der Waals surface area contributed by atoms with Crippen LogP contribution in [0.4, 0.5) is 0 Å². The number of hydrogen-bond donors (Lipinski definition) is 3. The van der Waals surface area contributed by atoms with Crippen LogP contribution in [0.25, 0.3) is 31.3 Å². The van der Waals surface area contributed by atoms with Crippen molar-refractivity contribution in [3.63, 3.8) is 0 Å². The van der Waals surface area contributed by atoms with Crippen molar-refractivity contribution in [1.29, 1.82) is 0 Å². The van der Waals surface area contributed by atoms with Crippen LogP contribution in [0.1, 0.15) is 203 Å². The number of benzene rings is 3. The fourth-order valence-electron chi connectivity index (χ4n) is 8.63. The van der Waals surface area contributed by atoms with Crippen LogP contribution in [0, 0.1) is 337 Å². The van der Waals surface area contributed by atoms with E-state index in [2.05, 4.69) is 420 Å². The summed E-state index contributed by atoms with van der Waals surface area (Å²) in [5.41, 5.74) is 28.6. The molecule has 3 aromatic rings. The summed E-state index contributed by atoms with van der Waals surface area (Å²) < 4.78 is 5.77. The number of azide groups is 3. The van der Waals surface area contributed by atoms with Crippen LogP contribution in [0.5, 0.6) is 5.75 Å². The maximum Gasteiger partial charge on any atom is 0.251 e. The fourth-order valence-corrected chi connectivity index (χ4v) is 8.63. The highest BCUT2D eigenvalue weighted by molar-refractivity contribution is 5.97. The van der Waals surface area contributed by atoms with Crippen molar-refractivity contribution in [2.24, 2.45) is 20.8 Å². The van der Waals surface area contributed by atoms with Crippen molar-refractivity contribution >= 4 is 17.5 Å². The van der Waals surface area contributed by atoms with Crippen LogP contribution in [-0.2, 0) is 12.0 Å². The summed E-state index contributed by atoms with van der Waals surface area (Å²) in [5.74, 6) is 138. The number of carbonyl (C=O) groups excluding carboxylic acids is 3. The Morgan fingerprint density at radius 2 is 0.656 bits per heavy atom. The minimum absolute atomic E-state index is 0.0590. The highest BCUT2D eigenvalue weighted by Crippen LogP contribution is 2.27. The van der Waals surface area contributed by atoms with Crippen molar-refractivity contribution < 1.29 is 19.1 Å². The smallest absolute Gasteiger partial charge is 0.251 e. The lowest BCUT2D eigenvalue weighted by molar-refractivity contribution is 0.0948. The zero-order valence-electron chi connectivity index (χ0n) is 74.9. The van der Waals surface area contributed by atoms with Gasteiger partial charge in [0.25, 0.3) is 5.91 Å². The molecule has 128 heavy (non-hydrogen) atoms. The van der Waals surface area contributed by atoms with Crippen molar-refractivity contribution in [2.45, 2.75) is 195 Å². The van der Waals surface area contributed by atoms with Crippen LogP contribution in [0.3, 0.4) is 0 Å². The zero-order chi connectivity index (χ0) is 94.8. The van der Waals surface area contributed by atoms with Gasteiger partial charge in [-0.25, -0.2) is 0 Å². The molecule has 3 N–H and O–H groups in total. The Morgan fingerprint density at radius 1 is 0.367 bits per heavy atom. The molecule has 0 heterocycles. The van der Waals surface area contributed by atoms with E-state index in [4.69, 9.17) is 27.8 Å². The van der Waals surface area contributed by atoms with Gasteiger partial charge in [-0.15, -0.1) is 6.42 Å². The van der Waals surface area contributed by atoms with Gasteiger partial charge in [-0.05, 0) is 252 Å². The van der Waals surface area contributed by atoms with E-state index in [0.717, 1.165) is 73.8 Å². The van der Waals surface area contributed by atoms with Gasteiger partial charge in [-0.1, -0.05) is 139 Å². The number of rotatable bonds is 28. The molecule has 0 unspecified atom stereocenters. The molecule has 0 atom stereocenters. The van der Waals surface area contributed by atoms with Gasteiger partial charge in [-0.2, -0.15) is 0 Å². The molecule has 0 aliphatic carbocycles. The molecule has 16 nitrogen and oxygen atoms in total. The second-order valence-corrected chi connectivity index (χ2v) is 29.0. The first kappa shape index (κ1) is 110. The number of nitrogens with one attached hydrogen (secondary N) is 3. The summed E-state index contributed by atoms with van der Waals surface area (Å²) >= 11 is 0. The van der Waals surface area contributed by atoms with Gasteiger partial charge in [0.2, 0.25) is 0 Å². The molecule has 622 valence electrons. The molecule has 16 heteroatoms. The molecular weight excluding hydrogens is 1580 g/mol. The lowest BCUT2D eigenvalue weighted by atomic mass is 9.87. The molecule has 0 spiro atoms. The predicted molar refractivity (Wildman–Crippen MR) is 515 cm³/mol. The SMILES string of the molecule is C#CC#CC#CC#CC#CC#CC#CC#CC#CC#CC#CC#CC#CC#CC#CC#CC#CC#CC#CC#CC#CC#CC#CC#CC#CC#CC#CC#CC.CCC(C)(C)CCOc1ccc(C(=O)NCCCC(C)(C)N=[N+]=[N-])cc1.CNC(C)(C)CCCC(=O)c1ccc(C(C)(C)N=[N+]=[N-])cc1.CNC(C)(C)CCCC(=O)c1ccc(CC(C)(C)N=[N+]=[N-])cc1. The number of nitrogens with zero attached hydrogens (tertiary/aromatic N) is 9. The van der Waals surface area contributed by atoms with Gasteiger partial charge in [0, 0.05) is 298 Å². The maximum atomic E-state index is 12.2. The summed E-state index contributed by atoms with van der Waals surface area (Å²) in [6, 6.07) is 22.2. The number of hydrogen-bond acceptors (Lipinski definition) is 9. The summed E-state index contributed by atoms with van der Waals surface area (Å²) in [7, 11) is 3.88. The number of ether oxygens (including phenoxy) is 1. The monoisotopic (exact) mass is 1670 g/mol. The van der Waals surface area contributed by atoms with Gasteiger partial charge in [0.1, 0.15) is 5.75 Å². The molecule has 0 aromatic heterocycles. The number of terminal acetylenes is 1. The Kier molecular flexibility index (Phi) is 59.7. The van der Waals surface area contributed by atoms with E-state index in [0.29, 0.717) is 43.5 Å². The Labute approximate surface area is 760 Å². The lowest BCUT2D eigenvalue weighted by Crippen LogP contribution is -2.35. The largest absolute Gasteiger partial charge is 0.494 e.